The van der Waals surface area contributed by atoms with Gasteiger partial charge in [0.2, 0.25) is 0 Å². The van der Waals surface area contributed by atoms with Crippen LogP contribution in [-0.4, -0.2) is 59.7 Å². The molecule has 6 atom stereocenters. The van der Waals surface area contributed by atoms with Gasteiger partial charge in [-0.15, -0.1) is 15.7 Å². The number of carbonyl (C=O) groups excluding carboxylic acids is 2. The van der Waals surface area contributed by atoms with E-state index in [4.69, 9.17) is 21.1 Å². The number of aromatic nitrogens is 1. The van der Waals surface area contributed by atoms with E-state index in [1.54, 1.807) is 25.5 Å². The standard InChI is InChI=1S/C37H43ClN4O5S2/c1-23-6-4-8-33(46-3)29-12-9-27(29)18-42-21-37(15-5-7-25-16-28(38)11-13-30(25)37)22-47-34-14-10-26(17-32(34)42)35(43)40-49(45,20-23)41-36(44)31-19-48-24(2)39-31/h4,8,10-11,13-14,16-17,19,23,27,29,33H,5-7,9,12,15,18,20-22H2,1-3H3,(H,40,41,43,44,45)/b8-4-/t23-,27-,29+,33-,37-,49?/m0/s1. The highest BCUT2D eigenvalue weighted by Crippen LogP contribution is 2.47. The maximum Gasteiger partial charge on any atom is 0.286 e. The first kappa shape index (κ1) is 34.2. The molecule has 4 aliphatic rings. The van der Waals surface area contributed by atoms with Crippen LogP contribution in [0.25, 0.3) is 0 Å². The molecule has 260 valence electrons. The summed E-state index contributed by atoms with van der Waals surface area (Å²) < 4.78 is 33.9. The van der Waals surface area contributed by atoms with E-state index in [2.05, 4.69) is 43.3 Å². The second kappa shape index (κ2) is 13.8. The summed E-state index contributed by atoms with van der Waals surface area (Å²) in [6.45, 7) is 5.76. The van der Waals surface area contributed by atoms with Gasteiger partial charge in [-0.2, -0.15) is 0 Å². The zero-order valence-electron chi connectivity index (χ0n) is 28.2. The maximum absolute atomic E-state index is 14.4. The fourth-order valence-electron chi connectivity index (χ4n) is 8.03. The number of benzene rings is 2. The van der Waals surface area contributed by atoms with Crippen LogP contribution >= 0.6 is 22.9 Å². The Morgan fingerprint density at radius 3 is 2.84 bits per heavy atom. The fourth-order valence-corrected chi connectivity index (χ4v) is 10.7. The molecule has 2 aliphatic carbocycles. The lowest BCUT2D eigenvalue weighted by Crippen LogP contribution is -2.49. The number of anilines is 1. The molecule has 1 N–H and O–H groups in total. The number of aryl methyl sites for hydroxylation is 2. The second-order valence-corrected chi connectivity index (χ2v) is 17.6. The van der Waals surface area contributed by atoms with Gasteiger partial charge < -0.3 is 14.4 Å². The highest BCUT2D eigenvalue weighted by molar-refractivity contribution is 7.92. The van der Waals surface area contributed by atoms with Crippen LogP contribution in [-0.2, 0) is 26.5 Å². The number of hydrogen-bond donors (Lipinski definition) is 1. The molecule has 49 heavy (non-hydrogen) atoms. The fraction of sp³-hybridized carbons (Fsp3) is 0.486. The highest BCUT2D eigenvalue weighted by atomic mass is 35.5. The van der Waals surface area contributed by atoms with E-state index in [-0.39, 0.29) is 28.9 Å². The number of rotatable bonds is 3. The molecular weight excluding hydrogens is 680 g/mol. The predicted octanol–water partition coefficient (Wildman–Crippen LogP) is 7.17. The van der Waals surface area contributed by atoms with Crippen LogP contribution in [0.3, 0.4) is 0 Å². The molecule has 1 spiro atoms. The number of amides is 2. The lowest BCUT2D eigenvalue weighted by molar-refractivity contribution is 0.0131. The van der Waals surface area contributed by atoms with Crippen molar-refractivity contribution < 1.29 is 23.3 Å². The minimum Gasteiger partial charge on any atom is -0.490 e. The van der Waals surface area contributed by atoms with Crippen molar-refractivity contribution >= 4 is 50.4 Å². The van der Waals surface area contributed by atoms with Gasteiger partial charge >= 0.3 is 0 Å². The van der Waals surface area contributed by atoms with Gasteiger partial charge in [0.15, 0.2) is 0 Å². The summed E-state index contributed by atoms with van der Waals surface area (Å²) in [6.07, 6.45) is 9.89. The van der Waals surface area contributed by atoms with Gasteiger partial charge in [0.25, 0.3) is 11.8 Å². The van der Waals surface area contributed by atoms with E-state index in [1.165, 1.54) is 22.5 Å². The summed E-state index contributed by atoms with van der Waals surface area (Å²) in [4.78, 5) is 33.7. The Morgan fingerprint density at radius 2 is 2.08 bits per heavy atom. The number of carbonyl (C=O) groups is 2. The molecule has 2 amide bonds. The number of fused-ring (bicyclic) bond motifs is 4. The number of allylic oxidation sites excluding steroid dienone is 1. The zero-order chi connectivity index (χ0) is 34.3. The Kier molecular flexibility index (Phi) is 9.64. The molecular formula is C37H43ClN4O5S2. The molecule has 0 radical (unpaired) electrons. The van der Waals surface area contributed by atoms with E-state index in [1.807, 2.05) is 25.1 Å². The minimum absolute atomic E-state index is 0.00770. The molecule has 1 fully saturated rings. The van der Waals surface area contributed by atoms with E-state index in [0.29, 0.717) is 41.2 Å². The van der Waals surface area contributed by atoms with Crippen LogP contribution < -0.4 is 14.4 Å². The van der Waals surface area contributed by atoms with Crippen molar-refractivity contribution in [3.05, 3.63) is 86.3 Å². The summed E-state index contributed by atoms with van der Waals surface area (Å²) in [5.41, 5.74) is 3.56. The predicted molar refractivity (Wildman–Crippen MR) is 194 cm³/mol. The Labute approximate surface area is 297 Å². The average Bonchev–Trinajstić information content (AvgIpc) is 3.43. The van der Waals surface area contributed by atoms with E-state index < -0.39 is 21.7 Å². The number of methoxy groups -OCH3 is 1. The van der Waals surface area contributed by atoms with E-state index in [0.717, 1.165) is 55.9 Å². The SMILES string of the molecule is CO[C@H]1/C=C\C[C@H](C)CS(=O)(NC(=O)c2csc(C)n2)=NC(=O)c2ccc3c(c2)N(C[C@@H]2CC[C@H]21)C[C@@]1(CCCc2cc(Cl)ccc21)CO3. The number of halogens is 1. The average molecular weight is 723 g/mol. The first-order valence-electron chi connectivity index (χ1n) is 17.1. The Hall–Kier alpha value is -3.25. The van der Waals surface area contributed by atoms with Crippen LogP contribution in [0.5, 0.6) is 5.75 Å². The summed E-state index contributed by atoms with van der Waals surface area (Å²) in [6, 6.07) is 11.6. The lowest BCUT2D eigenvalue weighted by Gasteiger charge is -2.46. The lowest BCUT2D eigenvalue weighted by atomic mass is 9.68. The zero-order valence-corrected chi connectivity index (χ0v) is 30.5. The number of hydrogen-bond acceptors (Lipinski definition) is 8. The van der Waals surface area contributed by atoms with Crippen LogP contribution in [0.1, 0.15) is 76.0 Å². The summed E-state index contributed by atoms with van der Waals surface area (Å²) in [7, 11) is -1.75. The van der Waals surface area contributed by atoms with Crippen molar-refractivity contribution in [1.29, 1.82) is 0 Å². The first-order chi connectivity index (χ1) is 23.5. The second-order valence-electron chi connectivity index (χ2n) is 14.1. The van der Waals surface area contributed by atoms with Crippen molar-refractivity contribution in [1.82, 2.24) is 9.71 Å². The molecule has 7 rings (SSSR count). The van der Waals surface area contributed by atoms with Gasteiger partial charge in [0, 0.05) is 41.6 Å². The van der Waals surface area contributed by atoms with E-state index in [9.17, 15) is 13.8 Å². The molecule has 2 aliphatic heterocycles. The van der Waals surface area contributed by atoms with Gasteiger partial charge in [-0.1, -0.05) is 36.7 Å². The van der Waals surface area contributed by atoms with Crippen LogP contribution in [0, 0.1) is 24.7 Å². The number of nitrogens with one attached hydrogen (secondary N) is 1. The number of thiazole rings is 1. The van der Waals surface area contributed by atoms with E-state index >= 15 is 0 Å². The molecule has 1 saturated carbocycles. The third-order valence-electron chi connectivity index (χ3n) is 10.6. The molecule has 1 unspecified atom stereocenters. The maximum atomic E-state index is 14.4. The molecule has 3 aromatic rings. The van der Waals surface area contributed by atoms with Crippen LogP contribution in [0.4, 0.5) is 5.69 Å². The van der Waals surface area contributed by atoms with Gasteiger partial charge in [-0.05, 0) is 105 Å². The van der Waals surface area contributed by atoms with Crippen LogP contribution in [0.2, 0.25) is 5.02 Å². The van der Waals surface area contributed by atoms with Gasteiger partial charge in [-0.25, -0.2) is 9.19 Å². The Balaban J connectivity index is 1.31. The molecule has 12 heteroatoms. The monoisotopic (exact) mass is 722 g/mol. The largest absolute Gasteiger partial charge is 0.490 e. The van der Waals surface area contributed by atoms with Gasteiger partial charge in [0.1, 0.15) is 21.4 Å². The van der Waals surface area contributed by atoms with Gasteiger partial charge in [0.05, 0.1) is 29.2 Å². The molecule has 0 saturated heterocycles. The number of ether oxygens (including phenoxy) is 2. The minimum atomic E-state index is -3.51. The Bertz CT molecular complexity index is 1920. The smallest absolute Gasteiger partial charge is 0.286 e. The van der Waals surface area contributed by atoms with Crippen molar-refractivity contribution in [3.8, 4) is 5.75 Å². The number of nitrogens with zero attached hydrogens (tertiary/aromatic N) is 3. The molecule has 3 heterocycles. The summed E-state index contributed by atoms with van der Waals surface area (Å²) in [5, 5.41) is 3.07. The summed E-state index contributed by atoms with van der Waals surface area (Å²) >= 11 is 7.77. The van der Waals surface area contributed by atoms with Crippen molar-refractivity contribution in [2.24, 2.45) is 22.1 Å². The first-order valence-corrected chi connectivity index (χ1v) is 20.0. The third-order valence-corrected chi connectivity index (χ3v) is 13.6. The molecule has 2 aromatic carbocycles. The highest BCUT2D eigenvalue weighted by Gasteiger charge is 2.44. The van der Waals surface area contributed by atoms with Crippen molar-refractivity contribution in [2.45, 2.75) is 63.9 Å². The van der Waals surface area contributed by atoms with Gasteiger partial charge in [-0.3, -0.25) is 14.3 Å². The van der Waals surface area contributed by atoms with Crippen molar-refractivity contribution in [2.75, 3.05) is 37.5 Å². The molecule has 2 bridgehead atoms. The third kappa shape index (κ3) is 7.04. The van der Waals surface area contributed by atoms with Crippen LogP contribution in [0.15, 0.2) is 58.3 Å². The summed E-state index contributed by atoms with van der Waals surface area (Å²) in [5.74, 6) is 0.0542. The molecule has 1 aromatic heterocycles. The molecule has 9 nitrogen and oxygen atoms in total. The topological polar surface area (TPSA) is 110 Å². The quantitative estimate of drug-likeness (QED) is 0.286. The van der Waals surface area contributed by atoms with Crippen molar-refractivity contribution in [3.63, 3.8) is 0 Å². The Morgan fingerprint density at radius 1 is 1.22 bits per heavy atom. The normalized spacial score (nSPS) is 30.5.